The summed E-state index contributed by atoms with van der Waals surface area (Å²) in [7, 11) is 1.92. The zero-order chi connectivity index (χ0) is 15.1. The highest BCUT2D eigenvalue weighted by Gasteiger charge is 2.07. The van der Waals surface area contributed by atoms with Crippen molar-refractivity contribution in [2.75, 3.05) is 20.3 Å². The summed E-state index contributed by atoms with van der Waals surface area (Å²) in [5.41, 5.74) is 1.13. The highest BCUT2D eigenvalue weighted by atomic mass is 35.5. The molecule has 112 valence electrons. The molecule has 0 heterocycles. The second-order valence-electron chi connectivity index (χ2n) is 4.71. The van der Waals surface area contributed by atoms with Crippen LogP contribution in [0.4, 0.5) is 0 Å². The van der Waals surface area contributed by atoms with Gasteiger partial charge in [0.1, 0.15) is 24.7 Å². The molecule has 21 heavy (non-hydrogen) atoms. The highest BCUT2D eigenvalue weighted by Crippen LogP contribution is 2.27. The predicted octanol–water partition coefficient (Wildman–Crippen LogP) is 4.08. The maximum atomic E-state index is 6.23. The van der Waals surface area contributed by atoms with Gasteiger partial charge in [0, 0.05) is 6.04 Å². The van der Waals surface area contributed by atoms with Crippen LogP contribution in [0.1, 0.15) is 18.5 Å². The minimum atomic E-state index is 0.262. The Balaban J connectivity index is 1.83. The summed E-state index contributed by atoms with van der Waals surface area (Å²) in [6.45, 7) is 3.02. The fourth-order valence-corrected chi connectivity index (χ4v) is 2.14. The van der Waals surface area contributed by atoms with Gasteiger partial charge in [0.25, 0.3) is 0 Å². The van der Waals surface area contributed by atoms with E-state index in [-0.39, 0.29) is 6.04 Å². The molecule has 0 aliphatic heterocycles. The predicted molar refractivity (Wildman–Crippen MR) is 86.4 cm³/mol. The lowest BCUT2D eigenvalue weighted by Gasteiger charge is -2.13. The van der Waals surface area contributed by atoms with Crippen molar-refractivity contribution >= 4 is 11.6 Å². The normalized spacial score (nSPS) is 12.0. The lowest BCUT2D eigenvalue weighted by atomic mass is 10.1. The lowest BCUT2D eigenvalue weighted by Crippen LogP contribution is -2.12. The van der Waals surface area contributed by atoms with Crippen LogP contribution in [0.15, 0.2) is 48.5 Å². The zero-order valence-corrected chi connectivity index (χ0v) is 13.1. The van der Waals surface area contributed by atoms with Crippen LogP contribution in [0.25, 0.3) is 0 Å². The van der Waals surface area contributed by atoms with Gasteiger partial charge >= 0.3 is 0 Å². The smallest absolute Gasteiger partial charge is 0.138 e. The molecular weight excluding hydrogens is 286 g/mol. The Morgan fingerprint density at radius 3 is 2.43 bits per heavy atom. The molecule has 0 saturated heterocycles. The van der Waals surface area contributed by atoms with Crippen molar-refractivity contribution in [3.63, 3.8) is 0 Å². The molecule has 0 aliphatic carbocycles. The van der Waals surface area contributed by atoms with E-state index in [1.54, 1.807) is 0 Å². The minimum absolute atomic E-state index is 0.262. The van der Waals surface area contributed by atoms with Crippen molar-refractivity contribution in [1.82, 2.24) is 5.32 Å². The topological polar surface area (TPSA) is 30.5 Å². The lowest BCUT2D eigenvalue weighted by molar-refractivity contribution is 0.217. The summed E-state index contributed by atoms with van der Waals surface area (Å²) in [6.07, 6.45) is 0. The van der Waals surface area contributed by atoms with E-state index in [1.165, 1.54) is 0 Å². The minimum Gasteiger partial charge on any atom is -0.490 e. The van der Waals surface area contributed by atoms with Crippen LogP contribution in [0, 0.1) is 0 Å². The first-order valence-electron chi connectivity index (χ1n) is 6.98. The van der Waals surface area contributed by atoms with E-state index in [4.69, 9.17) is 21.1 Å². The van der Waals surface area contributed by atoms with Crippen LogP contribution in [-0.2, 0) is 0 Å². The van der Waals surface area contributed by atoms with E-state index < -0.39 is 0 Å². The largest absolute Gasteiger partial charge is 0.490 e. The molecule has 0 amide bonds. The molecule has 0 spiro atoms. The molecule has 2 aromatic carbocycles. The second-order valence-corrected chi connectivity index (χ2v) is 5.12. The fraction of sp³-hybridized carbons (Fsp3) is 0.294. The summed E-state index contributed by atoms with van der Waals surface area (Å²) >= 11 is 6.23. The van der Waals surface area contributed by atoms with Crippen molar-refractivity contribution < 1.29 is 9.47 Å². The molecule has 1 atom stereocenters. The number of benzene rings is 2. The molecule has 0 fully saturated rings. The quantitative estimate of drug-likeness (QED) is 0.782. The SMILES string of the molecule is CNC(C)c1ccc(OCCOc2ccccc2)c(Cl)c1. The van der Waals surface area contributed by atoms with E-state index in [9.17, 15) is 0 Å². The number of nitrogens with one attached hydrogen (secondary N) is 1. The van der Waals surface area contributed by atoms with E-state index in [0.717, 1.165) is 11.3 Å². The third kappa shape index (κ3) is 4.66. The van der Waals surface area contributed by atoms with Crippen molar-refractivity contribution in [2.24, 2.45) is 0 Å². The Kier molecular flexibility index (Phi) is 5.90. The molecule has 0 aliphatic rings. The average Bonchev–Trinajstić information content (AvgIpc) is 2.53. The standard InChI is InChI=1S/C17H20ClNO2/c1-13(19-2)14-8-9-17(16(18)12-14)21-11-10-20-15-6-4-3-5-7-15/h3-9,12-13,19H,10-11H2,1-2H3. The van der Waals surface area contributed by atoms with Crippen LogP contribution in [0.2, 0.25) is 5.02 Å². The number of ether oxygens (including phenoxy) is 2. The summed E-state index contributed by atoms with van der Waals surface area (Å²) < 4.78 is 11.2. The van der Waals surface area contributed by atoms with Crippen molar-refractivity contribution in [3.05, 3.63) is 59.1 Å². The van der Waals surface area contributed by atoms with Gasteiger partial charge in [-0.05, 0) is 43.8 Å². The van der Waals surface area contributed by atoms with Crippen LogP contribution in [0.3, 0.4) is 0 Å². The van der Waals surface area contributed by atoms with Gasteiger partial charge in [-0.1, -0.05) is 35.9 Å². The Hall–Kier alpha value is -1.71. The van der Waals surface area contributed by atoms with Crippen LogP contribution < -0.4 is 14.8 Å². The van der Waals surface area contributed by atoms with Gasteiger partial charge in [-0.3, -0.25) is 0 Å². The number of halogens is 1. The van der Waals surface area contributed by atoms with E-state index in [2.05, 4.69) is 12.2 Å². The molecule has 1 N–H and O–H groups in total. The number of hydrogen-bond acceptors (Lipinski definition) is 3. The van der Waals surface area contributed by atoms with Crippen molar-refractivity contribution in [2.45, 2.75) is 13.0 Å². The van der Waals surface area contributed by atoms with Gasteiger partial charge in [-0.25, -0.2) is 0 Å². The van der Waals surface area contributed by atoms with Gasteiger partial charge in [-0.2, -0.15) is 0 Å². The average molecular weight is 306 g/mol. The molecule has 4 heteroatoms. The Morgan fingerprint density at radius 2 is 1.76 bits per heavy atom. The number of hydrogen-bond donors (Lipinski definition) is 1. The van der Waals surface area contributed by atoms with E-state index in [1.807, 2.05) is 55.6 Å². The van der Waals surface area contributed by atoms with Crippen molar-refractivity contribution in [3.8, 4) is 11.5 Å². The summed E-state index contributed by atoms with van der Waals surface area (Å²) in [6, 6.07) is 15.8. The first-order chi connectivity index (χ1) is 10.2. The van der Waals surface area contributed by atoms with E-state index >= 15 is 0 Å². The van der Waals surface area contributed by atoms with Crippen LogP contribution >= 0.6 is 11.6 Å². The third-order valence-corrected chi connectivity index (χ3v) is 3.54. The van der Waals surface area contributed by atoms with Crippen LogP contribution in [-0.4, -0.2) is 20.3 Å². The molecule has 0 aromatic heterocycles. The Bertz CT molecular complexity index is 560. The van der Waals surface area contributed by atoms with Gasteiger partial charge in [0.2, 0.25) is 0 Å². The third-order valence-electron chi connectivity index (χ3n) is 3.24. The van der Waals surface area contributed by atoms with E-state index in [0.29, 0.717) is 24.0 Å². The number of rotatable bonds is 7. The zero-order valence-electron chi connectivity index (χ0n) is 12.3. The molecule has 0 saturated carbocycles. The molecule has 0 radical (unpaired) electrons. The number of para-hydroxylation sites is 1. The summed E-state index contributed by atoms with van der Waals surface area (Å²) in [5.74, 6) is 1.52. The van der Waals surface area contributed by atoms with Crippen molar-refractivity contribution in [1.29, 1.82) is 0 Å². The Labute approximate surface area is 130 Å². The van der Waals surface area contributed by atoms with Gasteiger partial charge in [0.15, 0.2) is 0 Å². The first-order valence-corrected chi connectivity index (χ1v) is 7.36. The summed E-state index contributed by atoms with van der Waals surface area (Å²) in [5, 5.41) is 3.80. The molecule has 2 rings (SSSR count). The van der Waals surface area contributed by atoms with Gasteiger partial charge in [-0.15, -0.1) is 0 Å². The van der Waals surface area contributed by atoms with Crippen LogP contribution in [0.5, 0.6) is 11.5 Å². The van der Waals surface area contributed by atoms with Gasteiger partial charge in [0.05, 0.1) is 5.02 Å². The molecule has 0 bridgehead atoms. The second kappa shape index (κ2) is 7.91. The molecule has 1 unspecified atom stereocenters. The molecular formula is C17H20ClNO2. The highest BCUT2D eigenvalue weighted by molar-refractivity contribution is 6.32. The first kappa shape index (κ1) is 15.7. The van der Waals surface area contributed by atoms with Gasteiger partial charge < -0.3 is 14.8 Å². The maximum absolute atomic E-state index is 6.23. The molecule has 3 nitrogen and oxygen atoms in total. The maximum Gasteiger partial charge on any atom is 0.138 e. The Morgan fingerprint density at radius 1 is 1.05 bits per heavy atom. The summed E-state index contributed by atoms with van der Waals surface area (Å²) in [4.78, 5) is 0. The molecule has 2 aromatic rings. The fourth-order valence-electron chi connectivity index (χ4n) is 1.90. The monoisotopic (exact) mass is 305 g/mol.